The van der Waals surface area contributed by atoms with Gasteiger partial charge in [-0.1, -0.05) is 51.7 Å². The first-order valence-corrected chi connectivity index (χ1v) is 7.98. The van der Waals surface area contributed by atoms with Crippen LogP contribution in [0.15, 0.2) is 24.3 Å². The molecule has 20 heavy (non-hydrogen) atoms. The van der Waals surface area contributed by atoms with E-state index in [0.29, 0.717) is 0 Å². The van der Waals surface area contributed by atoms with Crippen LogP contribution in [-0.2, 0) is 6.54 Å². The molecule has 1 aromatic carbocycles. The van der Waals surface area contributed by atoms with Crippen molar-refractivity contribution < 1.29 is 0 Å². The maximum atomic E-state index is 6.37. The van der Waals surface area contributed by atoms with Gasteiger partial charge in [0.1, 0.15) is 5.82 Å². The molecule has 0 aliphatic rings. The summed E-state index contributed by atoms with van der Waals surface area (Å²) in [4.78, 5) is 4.78. The molecule has 0 bridgehead atoms. The first-order chi connectivity index (χ1) is 9.77. The lowest BCUT2D eigenvalue weighted by Gasteiger charge is -2.14. The molecule has 2 N–H and O–H groups in total. The quantitative estimate of drug-likeness (QED) is 0.724. The smallest absolute Gasteiger partial charge is 0.126 e. The van der Waals surface area contributed by atoms with Gasteiger partial charge in [-0.05, 0) is 25.0 Å². The molecule has 1 aromatic heterocycles. The molecule has 3 nitrogen and oxygen atoms in total. The maximum absolute atomic E-state index is 6.37. The van der Waals surface area contributed by atoms with Crippen molar-refractivity contribution in [3.63, 3.8) is 0 Å². The lowest BCUT2D eigenvalue weighted by Crippen LogP contribution is -2.17. The van der Waals surface area contributed by atoms with Gasteiger partial charge in [-0.3, -0.25) is 0 Å². The van der Waals surface area contributed by atoms with Crippen LogP contribution in [0.5, 0.6) is 0 Å². The number of rotatable bonds is 8. The third kappa shape index (κ3) is 3.40. The van der Waals surface area contributed by atoms with Crippen LogP contribution in [0.1, 0.15) is 64.2 Å². The molecule has 3 heteroatoms. The van der Waals surface area contributed by atoms with Gasteiger partial charge in [0.2, 0.25) is 0 Å². The van der Waals surface area contributed by atoms with Gasteiger partial charge in [0.25, 0.3) is 0 Å². The fourth-order valence-corrected chi connectivity index (χ4v) is 2.69. The molecule has 0 radical (unpaired) electrons. The predicted octanol–water partition coefficient (Wildman–Crippen LogP) is 4.42. The van der Waals surface area contributed by atoms with Crippen LogP contribution in [0.2, 0.25) is 0 Å². The van der Waals surface area contributed by atoms with E-state index in [4.69, 9.17) is 10.7 Å². The van der Waals surface area contributed by atoms with Gasteiger partial charge >= 0.3 is 0 Å². The fourth-order valence-electron chi connectivity index (χ4n) is 2.69. The van der Waals surface area contributed by atoms with E-state index in [0.717, 1.165) is 24.3 Å². The Labute approximate surface area is 122 Å². The van der Waals surface area contributed by atoms with Crippen molar-refractivity contribution in [2.45, 2.75) is 65.0 Å². The Kier molecular flexibility index (Phi) is 5.60. The number of aromatic nitrogens is 2. The summed E-state index contributed by atoms with van der Waals surface area (Å²) in [5, 5.41) is 0. The van der Waals surface area contributed by atoms with Crippen molar-refractivity contribution in [3.8, 4) is 0 Å². The van der Waals surface area contributed by atoms with Gasteiger partial charge in [0.05, 0.1) is 17.1 Å². The summed E-state index contributed by atoms with van der Waals surface area (Å²) in [5.41, 5.74) is 8.67. The molecule has 0 saturated carbocycles. The Balaban J connectivity index is 2.28. The normalized spacial score (nSPS) is 12.9. The summed E-state index contributed by atoms with van der Waals surface area (Å²) < 4.78 is 2.34. The first-order valence-electron chi connectivity index (χ1n) is 7.98. The van der Waals surface area contributed by atoms with Gasteiger partial charge in [-0.25, -0.2) is 4.98 Å². The average molecular weight is 273 g/mol. The fraction of sp³-hybridized carbons (Fsp3) is 0.588. The van der Waals surface area contributed by atoms with Crippen molar-refractivity contribution in [2.24, 2.45) is 5.73 Å². The van der Waals surface area contributed by atoms with Crippen LogP contribution < -0.4 is 5.73 Å². The summed E-state index contributed by atoms with van der Waals surface area (Å²) in [7, 11) is 0. The first kappa shape index (κ1) is 15.0. The van der Waals surface area contributed by atoms with E-state index < -0.39 is 0 Å². The minimum Gasteiger partial charge on any atom is -0.327 e. The SMILES string of the molecule is CCCCCn1c(C(N)CCCC)nc2ccccc21. The highest BCUT2D eigenvalue weighted by atomic mass is 15.1. The lowest BCUT2D eigenvalue weighted by molar-refractivity contribution is 0.522. The monoisotopic (exact) mass is 273 g/mol. The maximum Gasteiger partial charge on any atom is 0.126 e. The molecule has 0 saturated heterocycles. The molecule has 1 unspecified atom stereocenters. The minimum atomic E-state index is 0.0592. The number of hydrogen-bond donors (Lipinski definition) is 1. The van der Waals surface area contributed by atoms with Crippen LogP contribution >= 0.6 is 0 Å². The topological polar surface area (TPSA) is 43.8 Å². The molecule has 0 aliphatic carbocycles. The average Bonchev–Trinajstić information content (AvgIpc) is 2.84. The van der Waals surface area contributed by atoms with E-state index in [1.165, 1.54) is 37.6 Å². The van der Waals surface area contributed by atoms with Gasteiger partial charge in [-0.2, -0.15) is 0 Å². The van der Waals surface area contributed by atoms with E-state index in [-0.39, 0.29) is 6.04 Å². The highest BCUT2D eigenvalue weighted by Crippen LogP contribution is 2.23. The third-order valence-corrected chi connectivity index (χ3v) is 3.87. The van der Waals surface area contributed by atoms with Crippen LogP contribution in [-0.4, -0.2) is 9.55 Å². The molecule has 110 valence electrons. The van der Waals surface area contributed by atoms with Gasteiger partial charge < -0.3 is 10.3 Å². The zero-order valence-electron chi connectivity index (χ0n) is 12.8. The molecular formula is C17H27N3. The summed E-state index contributed by atoms with van der Waals surface area (Å²) in [6.45, 7) is 5.47. The van der Waals surface area contributed by atoms with Crippen LogP contribution in [0.4, 0.5) is 0 Å². The van der Waals surface area contributed by atoms with Crippen LogP contribution in [0.25, 0.3) is 11.0 Å². The summed E-state index contributed by atoms with van der Waals surface area (Å²) in [5.74, 6) is 1.07. The molecule has 0 aliphatic heterocycles. The van der Waals surface area contributed by atoms with Crippen LogP contribution in [0, 0.1) is 0 Å². The number of hydrogen-bond acceptors (Lipinski definition) is 2. The minimum absolute atomic E-state index is 0.0592. The summed E-state index contributed by atoms with van der Waals surface area (Å²) in [6.07, 6.45) is 7.07. The van der Waals surface area contributed by atoms with E-state index >= 15 is 0 Å². The Bertz CT molecular complexity index is 530. The largest absolute Gasteiger partial charge is 0.327 e. The molecule has 0 fully saturated rings. The van der Waals surface area contributed by atoms with Gasteiger partial charge in [0.15, 0.2) is 0 Å². The number of nitrogens with two attached hydrogens (primary N) is 1. The van der Waals surface area contributed by atoms with Crippen molar-refractivity contribution in [2.75, 3.05) is 0 Å². The second kappa shape index (κ2) is 7.44. The molecule has 0 amide bonds. The number of para-hydroxylation sites is 2. The number of aryl methyl sites for hydroxylation is 1. The molecule has 0 spiro atoms. The van der Waals surface area contributed by atoms with E-state index in [2.05, 4.69) is 36.6 Å². The number of unbranched alkanes of at least 4 members (excludes halogenated alkanes) is 3. The van der Waals surface area contributed by atoms with Crippen molar-refractivity contribution in [1.82, 2.24) is 9.55 Å². The Morgan fingerprint density at radius 1 is 1.10 bits per heavy atom. The number of nitrogens with zero attached hydrogens (tertiary/aromatic N) is 2. The van der Waals surface area contributed by atoms with Crippen molar-refractivity contribution in [1.29, 1.82) is 0 Å². The second-order valence-electron chi connectivity index (χ2n) is 5.57. The van der Waals surface area contributed by atoms with Gasteiger partial charge in [0, 0.05) is 6.54 Å². The van der Waals surface area contributed by atoms with E-state index in [9.17, 15) is 0 Å². The van der Waals surface area contributed by atoms with E-state index in [1.54, 1.807) is 0 Å². The number of imidazole rings is 1. The Morgan fingerprint density at radius 2 is 1.85 bits per heavy atom. The second-order valence-corrected chi connectivity index (χ2v) is 5.57. The van der Waals surface area contributed by atoms with Crippen LogP contribution in [0.3, 0.4) is 0 Å². The Morgan fingerprint density at radius 3 is 2.60 bits per heavy atom. The standard InChI is InChI=1S/C17H27N3/c1-3-5-9-13-20-16-12-8-7-11-15(16)19-17(20)14(18)10-6-4-2/h7-8,11-12,14H,3-6,9-10,13,18H2,1-2H3. The summed E-state index contributed by atoms with van der Waals surface area (Å²) >= 11 is 0. The number of fused-ring (bicyclic) bond motifs is 1. The van der Waals surface area contributed by atoms with Crippen molar-refractivity contribution >= 4 is 11.0 Å². The summed E-state index contributed by atoms with van der Waals surface area (Å²) in [6, 6.07) is 8.43. The highest BCUT2D eigenvalue weighted by molar-refractivity contribution is 5.76. The molecular weight excluding hydrogens is 246 g/mol. The molecule has 1 atom stereocenters. The third-order valence-electron chi connectivity index (χ3n) is 3.87. The zero-order chi connectivity index (χ0) is 14.4. The van der Waals surface area contributed by atoms with Crippen molar-refractivity contribution in [3.05, 3.63) is 30.1 Å². The predicted molar refractivity (Wildman–Crippen MR) is 85.7 cm³/mol. The van der Waals surface area contributed by atoms with E-state index in [1.807, 2.05) is 6.07 Å². The van der Waals surface area contributed by atoms with Gasteiger partial charge in [-0.15, -0.1) is 0 Å². The molecule has 1 heterocycles. The molecule has 2 aromatic rings. The zero-order valence-corrected chi connectivity index (χ0v) is 12.8. The Hall–Kier alpha value is -1.35. The number of benzene rings is 1. The highest BCUT2D eigenvalue weighted by Gasteiger charge is 2.16. The lowest BCUT2D eigenvalue weighted by atomic mass is 10.1. The molecule has 2 rings (SSSR count).